The Balaban J connectivity index is 2.88. The normalized spacial score (nSPS) is 10.1. The standard InChI is InChI=1S/C9H14N2O3/c1-3-4-11-9(14-2)7(6-10-11)5-8(12)13/h6H,3-5H2,1-2H3,(H,12,13). The molecule has 14 heavy (non-hydrogen) atoms. The molecule has 0 radical (unpaired) electrons. The van der Waals surface area contributed by atoms with Gasteiger partial charge in [0.15, 0.2) is 0 Å². The van der Waals surface area contributed by atoms with E-state index in [2.05, 4.69) is 5.10 Å². The monoisotopic (exact) mass is 198 g/mol. The summed E-state index contributed by atoms with van der Waals surface area (Å²) in [5, 5.41) is 12.7. The summed E-state index contributed by atoms with van der Waals surface area (Å²) in [5.74, 6) is -0.325. The van der Waals surface area contributed by atoms with E-state index in [1.165, 1.54) is 7.11 Å². The van der Waals surface area contributed by atoms with Crippen LogP contribution in [0, 0.1) is 0 Å². The number of carbonyl (C=O) groups is 1. The molecule has 0 aliphatic rings. The maximum atomic E-state index is 10.5. The zero-order chi connectivity index (χ0) is 10.6. The molecule has 1 N–H and O–H groups in total. The molecular weight excluding hydrogens is 184 g/mol. The summed E-state index contributed by atoms with van der Waals surface area (Å²) in [6.45, 7) is 2.76. The molecule has 0 saturated heterocycles. The van der Waals surface area contributed by atoms with Gasteiger partial charge in [-0.25, -0.2) is 4.68 Å². The van der Waals surface area contributed by atoms with Gasteiger partial charge >= 0.3 is 5.97 Å². The van der Waals surface area contributed by atoms with Gasteiger partial charge in [0, 0.05) is 12.1 Å². The lowest BCUT2D eigenvalue weighted by Gasteiger charge is -2.05. The van der Waals surface area contributed by atoms with E-state index in [-0.39, 0.29) is 6.42 Å². The van der Waals surface area contributed by atoms with Crippen LogP contribution in [0.5, 0.6) is 5.88 Å². The van der Waals surface area contributed by atoms with Gasteiger partial charge in [-0.2, -0.15) is 5.10 Å². The van der Waals surface area contributed by atoms with Crippen molar-refractivity contribution in [2.75, 3.05) is 7.11 Å². The first-order chi connectivity index (χ1) is 6.69. The largest absolute Gasteiger partial charge is 0.481 e. The summed E-state index contributed by atoms with van der Waals surface area (Å²) in [7, 11) is 1.52. The van der Waals surface area contributed by atoms with Crippen molar-refractivity contribution in [2.24, 2.45) is 0 Å². The molecule has 0 spiro atoms. The van der Waals surface area contributed by atoms with Gasteiger partial charge in [-0.3, -0.25) is 4.79 Å². The van der Waals surface area contributed by atoms with Crippen molar-refractivity contribution < 1.29 is 14.6 Å². The minimum Gasteiger partial charge on any atom is -0.481 e. The number of hydrogen-bond donors (Lipinski definition) is 1. The summed E-state index contributed by atoms with van der Waals surface area (Å²) in [4.78, 5) is 10.5. The van der Waals surface area contributed by atoms with Gasteiger partial charge in [-0.15, -0.1) is 0 Å². The highest BCUT2D eigenvalue weighted by molar-refractivity contribution is 5.70. The number of nitrogens with zero attached hydrogens (tertiary/aromatic N) is 2. The molecule has 0 fully saturated rings. The predicted octanol–water partition coefficient (Wildman–Crippen LogP) is 0.929. The summed E-state index contributed by atoms with van der Waals surface area (Å²) < 4.78 is 6.79. The molecule has 0 aromatic carbocycles. The Hall–Kier alpha value is -1.52. The lowest BCUT2D eigenvalue weighted by atomic mass is 10.2. The van der Waals surface area contributed by atoms with Crippen LogP contribution in [0.1, 0.15) is 18.9 Å². The third kappa shape index (κ3) is 2.25. The molecule has 0 amide bonds. The average molecular weight is 198 g/mol. The van der Waals surface area contributed by atoms with E-state index < -0.39 is 5.97 Å². The number of aryl methyl sites for hydroxylation is 1. The number of methoxy groups -OCH3 is 1. The van der Waals surface area contributed by atoms with Crippen molar-refractivity contribution in [3.8, 4) is 5.88 Å². The fraction of sp³-hybridized carbons (Fsp3) is 0.556. The number of carboxylic acid groups (broad SMARTS) is 1. The molecular formula is C9H14N2O3. The molecule has 0 aliphatic heterocycles. The van der Waals surface area contributed by atoms with Crippen LogP contribution in [0.25, 0.3) is 0 Å². The highest BCUT2D eigenvalue weighted by Crippen LogP contribution is 2.18. The molecule has 0 bridgehead atoms. The molecule has 1 rings (SSSR count). The summed E-state index contributed by atoms with van der Waals surface area (Å²) in [6, 6.07) is 0. The van der Waals surface area contributed by atoms with E-state index in [0.717, 1.165) is 13.0 Å². The van der Waals surface area contributed by atoms with Crippen LogP contribution in [0.15, 0.2) is 6.20 Å². The Kier molecular flexibility index (Phi) is 3.50. The molecule has 1 aromatic heterocycles. The van der Waals surface area contributed by atoms with Crippen LogP contribution in [-0.4, -0.2) is 28.0 Å². The van der Waals surface area contributed by atoms with E-state index in [1.807, 2.05) is 6.92 Å². The van der Waals surface area contributed by atoms with Crippen molar-refractivity contribution in [1.29, 1.82) is 0 Å². The first-order valence-corrected chi connectivity index (χ1v) is 4.49. The van der Waals surface area contributed by atoms with Crippen molar-refractivity contribution in [3.05, 3.63) is 11.8 Å². The first kappa shape index (κ1) is 10.6. The van der Waals surface area contributed by atoms with Crippen LogP contribution in [-0.2, 0) is 17.8 Å². The van der Waals surface area contributed by atoms with E-state index in [9.17, 15) is 4.79 Å². The smallest absolute Gasteiger partial charge is 0.308 e. The van der Waals surface area contributed by atoms with Gasteiger partial charge in [0.2, 0.25) is 5.88 Å². The SMILES string of the molecule is CCCn1ncc(CC(=O)O)c1OC. The quantitative estimate of drug-likeness (QED) is 0.764. The molecule has 1 aromatic rings. The second kappa shape index (κ2) is 4.64. The van der Waals surface area contributed by atoms with Crippen LogP contribution in [0.3, 0.4) is 0 Å². The molecule has 5 nitrogen and oxygen atoms in total. The zero-order valence-corrected chi connectivity index (χ0v) is 8.36. The van der Waals surface area contributed by atoms with Gasteiger partial charge in [0.25, 0.3) is 0 Å². The summed E-state index contributed by atoms with van der Waals surface area (Å²) >= 11 is 0. The summed E-state index contributed by atoms with van der Waals surface area (Å²) in [6.07, 6.45) is 2.43. The Morgan fingerprint density at radius 2 is 2.43 bits per heavy atom. The van der Waals surface area contributed by atoms with Crippen LogP contribution in [0.2, 0.25) is 0 Å². The third-order valence-corrected chi connectivity index (χ3v) is 1.83. The lowest BCUT2D eigenvalue weighted by Crippen LogP contribution is -2.05. The number of carboxylic acids is 1. The molecule has 78 valence electrons. The molecule has 0 aliphatic carbocycles. The number of aromatic nitrogens is 2. The van der Waals surface area contributed by atoms with Crippen molar-refractivity contribution >= 4 is 5.97 Å². The fourth-order valence-corrected chi connectivity index (χ4v) is 1.30. The van der Waals surface area contributed by atoms with Gasteiger partial charge in [0.05, 0.1) is 19.7 Å². The highest BCUT2D eigenvalue weighted by atomic mass is 16.5. The van der Waals surface area contributed by atoms with Gasteiger partial charge in [-0.05, 0) is 6.42 Å². The van der Waals surface area contributed by atoms with E-state index in [0.29, 0.717) is 11.4 Å². The maximum Gasteiger partial charge on any atom is 0.308 e. The molecule has 1 heterocycles. The molecule has 5 heteroatoms. The zero-order valence-electron chi connectivity index (χ0n) is 8.36. The van der Waals surface area contributed by atoms with E-state index >= 15 is 0 Å². The molecule has 0 atom stereocenters. The minimum atomic E-state index is -0.876. The Morgan fingerprint density at radius 1 is 1.71 bits per heavy atom. The van der Waals surface area contributed by atoms with Gasteiger partial charge < -0.3 is 9.84 Å². The predicted molar refractivity (Wildman–Crippen MR) is 50.4 cm³/mol. The number of aliphatic carboxylic acids is 1. The number of hydrogen-bond acceptors (Lipinski definition) is 3. The number of rotatable bonds is 5. The molecule has 0 saturated carbocycles. The van der Waals surface area contributed by atoms with Gasteiger partial charge in [-0.1, -0.05) is 6.92 Å². The summed E-state index contributed by atoms with van der Waals surface area (Å²) in [5.41, 5.74) is 0.619. The van der Waals surface area contributed by atoms with Crippen LogP contribution >= 0.6 is 0 Å². The van der Waals surface area contributed by atoms with Crippen LogP contribution < -0.4 is 4.74 Å². The highest BCUT2D eigenvalue weighted by Gasteiger charge is 2.13. The Morgan fingerprint density at radius 3 is 2.93 bits per heavy atom. The fourth-order valence-electron chi connectivity index (χ4n) is 1.30. The van der Waals surface area contributed by atoms with Crippen molar-refractivity contribution in [1.82, 2.24) is 9.78 Å². The van der Waals surface area contributed by atoms with Crippen LogP contribution in [0.4, 0.5) is 0 Å². The molecule has 0 unspecified atom stereocenters. The number of ether oxygens (including phenoxy) is 1. The maximum absolute atomic E-state index is 10.5. The van der Waals surface area contributed by atoms with Crippen molar-refractivity contribution in [3.63, 3.8) is 0 Å². The lowest BCUT2D eigenvalue weighted by molar-refractivity contribution is -0.136. The topological polar surface area (TPSA) is 64.4 Å². The van der Waals surface area contributed by atoms with E-state index in [1.54, 1.807) is 10.9 Å². The average Bonchev–Trinajstić information content (AvgIpc) is 2.47. The minimum absolute atomic E-state index is 0.0487. The second-order valence-electron chi connectivity index (χ2n) is 2.97. The Bertz CT molecular complexity index is 320. The third-order valence-electron chi connectivity index (χ3n) is 1.83. The second-order valence-corrected chi connectivity index (χ2v) is 2.97. The van der Waals surface area contributed by atoms with Crippen molar-refractivity contribution in [2.45, 2.75) is 26.3 Å². The van der Waals surface area contributed by atoms with Gasteiger partial charge in [0.1, 0.15) is 0 Å². The first-order valence-electron chi connectivity index (χ1n) is 4.49. The van der Waals surface area contributed by atoms with E-state index in [4.69, 9.17) is 9.84 Å². The Labute approximate surface area is 82.3 Å².